The fourth-order valence-corrected chi connectivity index (χ4v) is 5.84. The van der Waals surface area contributed by atoms with E-state index in [1.807, 2.05) is 37.3 Å². The van der Waals surface area contributed by atoms with Crippen LogP contribution in [0.15, 0.2) is 30.3 Å². The predicted octanol–water partition coefficient (Wildman–Crippen LogP) is 3.86. The number of hydrogen-bond acceptors (Lipinski definition) is 8. The maximum atomic E-state index is 12.7. The SMILES string of the molecule is CC1CNc2c(sc3ccc4nc(-c5nc(Cl)cc(N6CCN(C)CC6)n5)ccc4c23)C(=O)N1. The van der Waals surface area contributed by atoms with Crippen LogP contribution >= 0.6 is 22.9 Å². The largest absolute Gasteiger partial charge is 0.381 e. The van der Waals surface area contributed by atoms with Crippen LogP contribution in [-0.2, 0) is 0 Å². The standard InChI is InChI=1S/C24H24ClN7OS/c1-13-12-26-21-20-14-3-4-16(28-15(14)5-6-17(20)34-22(21)24(33)27-13)23-29-18(25)11-19(30-23)32-9-7-31(2)8-10-32/h3-6,11,13,26H,7-10,12H2,1-2H3,(H,27,33). The van der Waals surface area contributed by atoms with Crippen LogP contribution in [0.1, 0.15) is 16.6 Å². The molecule has 1 fully saturated rings. The number of nitrogens with one attached hydrogen (secondary N) is 2. The molecule has 0 bridgehead atoms. The smallest absolute Gasteiger partial charge is 0.263 e. The Morgan fingerprint density at radius 1 is 1.09 bits per heavy atom. The lowest BCUT2D eigenvalue weighted by molar-refractivity contribution is 0.0949. The highest BCUT2D eigenvalue weighted by Gasteiger charge is 2.25. The van der Waals surface area contributed by atoms with Gasteiger partial charge >= 0.3 is 0 Å². The molecule has 2 aliphatic heterocycles. The van der Waals surface area contributed by atoms with Crippen molar-refractivity contribution in [2.24, 2.45) is 0 Å². The second kappa shape index (κ2) is 8.33. The van der Waals surface area contributed by atoms with Crippen molar-refractivity contribution in [2.75, 3.05) is 50.0 Å². The highest BCUT2D eigenvalue weighted by Crippen LogP contribution is 2.41. The molecule has 3 aromatic heterocycles. The molecule has 4 aromatic rings. The number of pyridine rings is 1. The summed E-state index contributed by atoms with van der Waals surface area (Å²) in [6, 6.07) is 9.88. The molecule has 0 spiro atoms. The first-order chi connectivity index (χ1) is 16.5. The number of rotatable bonds is 2. The van der Waals surface area contributed by atoms with Crippen molar-refractivity contribution in [3.8, 4) is 11.5 Å². The number of nitrogens with zero attached hydrogens (tertiary/aromatic N) is 5. The van der Waals surface area contributed by atoms with E-state index < -0.39 is 0 Å². The molecule has 1 aromatic carbocycles. The van der Waals surface area contributed by atoms with Crippen LogP contribution < -0.4 is 15.5 Å². The number of thiophene rings is 1. The molecule has 1 atom stereocenters. The summed E-state index contributed by atoms with van der Waals surface area (Å²) in [5, 5.41) is 8.94. The van der Waals surface area contributed by atoms with E-state index in [9.17, 15) is 4.79 Å². The Balaban J connectivity index is 1.43. The summed E-state index contributed by atoms with van der Waals surface area (Å²) in [6.07, 6.45) is 0. The Kier molecular flexibility index (Phi) is 5.28. The maximum absolute atomic E-state index is 12.7. The van der Waals surface area contributed by atoms with E-state index in [4.69, 9.17) is 21.6 Å². The average molecular weight is 494 g/mol. The first-order valence-corrected chi connectivity index (χ1v) is 12.5. The minimum atomic E-state index is -0.0322. The van der Waals surface area contributed by atoms with Gasteiger partial charge in [-0.1, -0.05) is 11.6 Å². The lowest BCUT2D eigenvalue weighted by Crippen LogP contribution is -2.44. The van der Waals surface area contributed by atoms with Gasteiger partial charge in [0, 0.05) is 60.3 Å². The highest BCUT2D eigenvalue weighted by atomic mass is 35.5. The number of likely N-dealkylation sites (N-methyl/N-ethyl adjacent to an activating group) is 1. The van der Waals surface area contributed by atoms with E-state index in [-0.39, 0.29) is 11.9 Å². The van der Waals surface area contributed by atoms with Gasteiger partial charge in [0.1, 0.15) is 21.5 Å². The Morgan fingerprint density at radius 2 is 1.91 bits per heavy atom. The molecule has 8 nitrogen and oxygen atoms in total. The van der Waals surface area contributed by atoms with E-state index in [0.717, 1.165) is 58.7 Å². The molecule has 34 heavy (non-hydrogen) atoms. The van der Waals surface area contributed by atoms with Crippen LogP contribution in [0.4, 0.5) is 11.5 Å². The predicted molar refractivity (Wildman–Crippen MR) is 138 cm³/mol. The van der Waals surface area contributed by atoms with Crippen molar-refractivity contribution in [3.05, 3.63) is 40.4 Å². The van der Waals surface area contributed by atoms with Crippen molar-refractivity contribution in [1.29, 1.82) is 0 Å². The molecule has 0 radical (unpaired) electrons. The molecule has 0 saturated carbocycles. The molecule has 6 rings (SSSR count). The molecule has 174 valence electrons. The quantitative estimate of drug-likeness (QED) is 0.410. The number of carbonyl (C=O) groups is 1. The molecule has 2 N–H and O–H groups in total. The zero-order valence-electron chi connectivity index (χ0n) is 18.9. The number of halogens is 1. The summed E-state index contributed by atoms with van der Waals surface area (Å²) < 4.78 is 1.06. The second-order valence-electron chi connectivity index (χ2n) is 8.93. The maximum Gasteiger partial charge on any atom is 0.263 e. The summed E-state index contributed by atoms with van der Waals surface area (Å²) in [5.41, 5.74) is 2.39. The molecule has 1 amide bonds. The first-order valence-electron chi connectivity index (χ1n) is 11.4. The molecular weight excluding hydrogens is 470 g/mol. The normalized spacial score (nSPS) is 19.1. The lowest BCUT2D eigenvalue weighted by atomic mass is 10.1. The molecule has 1 saturated heterocycles. The molecule has 10 heteroatoms. The van der Waals surface area contributed by atoms with E-state index in [2.05, 4.69) is 32.5 Å². The number of piperazine rings is 1. The van der Waals surface area contributed by atoms with Gasteiger partial charge in [0.15, 0.2) is 5.82 Å². The van der Waals surface area contributed by atoms with Crippen molar-refractivity contribution in [1.82, 2.24) is 25.2 Å². The summed E-state index contributed by atoms with van der Waals surface area (Å²) in [6.45, 7) is 6.44. The monoisotopic (exact) mass is 493 g/mol. The third-order valence-corrected chi connectivity index (χ3v) is 7.78. The van der Waals surface area contributed by atoms with Crippen molar-refractivity contribution >= 4 is 61.3 Å². The van der Waals surface area contributed by atoms with Crippen LogP contribution in [0.5, 0.6) is 0 Å². The van der Waals surface area contributed by atoms with Gasteiger partial charge in [-0.05, 0) is 38.2 Å². The minimum absolute atomic E-state index is 0.0322. The highest BCUT2D eigenvalue weighted by molar-refractivity contribution is 7.21. The van der Waals surface area contributed by atoms with Crippen LogP contribution in [0.3, 0.4) is 0 Å². The Bertz CT molecular complexity index is 1430. The van der Waals surface area contributed by atoms with Crippen LogP contribution in [0.25, 0.3) is 32.5 Å². The van der Waals surface area contributed by atoms with E-state index in [0.29, 0.717) is 28.1 Å². The number of anilines is 2. The van der Waals surface area contributed by atoms with Gasteiger partial charge in [-0.2, -0.15) is 0 Å². The molecule has 1 unspecified atom stereocenters. The first kappa shape index (κ1) is 21.5. The van der Waals surface area contributed by atoms with Crippen molar-refractivity contribution in [2.45, 2.75) is 13.0 Å². The lowest BCUT2D eigenvalue weighted by Gasteiger charge is -2.33. The van der Waals surface area contributed by atoms with E-state index in [1.54, 1.807) is 0 Å². The number of benzene rings is 1. The van der Waals surface area contributed by atoms with E-state index in [1.165, 1.54) is 11.3 Å². The van der Waals surface area contributed by atoms with Crippen LogP contribution in [0, 0.1) is 0 Å². The minimum Gasteiger partial charge on any atom is -0.381 e. The Labute approximate surface area is 206 Å². The fraction of sp³-hybridized carbons (Fsp3) is 0.333. The van der Waals surface area contributed by atoms with Gasteiger partial charge in [0.2, 0.25) is 0 Å². The number of amides is 1. The average Bonchev–Trinajstić information content (AvgIpc) is 3.15. The van der Waals surface area contributed by atoms with E-state index >= 15 is 0 Å². The summed E-state index contributed by atoms with van der Waals surface area (Å²) in [7, 11) is 2.13. The third-order valence-electron chi connectivity index (χ3n) is 6.43. The Morgan fingerprint density at radius 3 is 2.74 bits per heavy atom. The summed E-state index contributed by atoms with van der Waals surface area (Å²) >= 11 is 7.89. The second-order valence-corrected chi connectivity index (χ2v) is 10.4. The molecule has 0 aliphatic carbocycles. The number of aromatic nitrogens is 3. The van der Waals surface area contributed by atoms with Gasteiger partial charge in [0.05, 0.1) is 11.2 Å². The molecule has 2 aliphatic rings. The van der Waals surface area contributed by atoms with Crippen molar-refractivity contribution in [3.63, 3.8) is 0 Å². The van der Waals surface area contributed by atoms with Crippen LogP contribution in [0.2, 0.25) is 5.15 Å². The zero-order chi connectivity index (χ0) is 23.4. The fourth-order valence-electron chi connectivity index (χ4n) is 4.57. The zero-order valence-corrected chi connectivity index (χ0v) is 20.5. The summed E-state index contributed by atoms with van der Waals surface area (Å²) in [4.78, 5) is 32.1. The van der Waals surface area contributed by atoms with Gasteiger partial charge < -0.3 is 20.4 Å². The molecule has 5 heterocycles. The number of carbonyl (C=O) groups excluding carboxylic acids is 1. The molecular formula is C24H24ClN7OS. The van der Waals surface area contributed by atoms with Crippen molar-refractivity contribution < 1.29 is 4.79 Å². The van der Waals surface area contributed by atoms with Gasteiger partial charge in [-0.25, -0.2) is 15.0 Å². The number of hydrogen-bond donors (Lipinski definition) is 2. The number of fused-ring (bicyclic) bond motifs is 5. The third kappa shape index (κ3) is 3.73. The topological polar surface area (TPSA) is 86.3 Å². The van der Waals surface area contributed by atoms with Gasteiger partial charge in [-0.3, -0.25) is 4.79 Å². The summed E-state index contributed by atoms with van der Waals surface area (Å²) in [5.74, 6) is 1.31. The van der Waals surface area contributed by atoms with Gasteiger partial charge in [0.25, 0.3) is 5.91 Å². The van der Waals surface area contributed by atoms with Crippen LogP contribution in [-0.4, -0.2) is 71.6 Å². The Hall–Kier alpha value is -3.01. The van der Waals surface area contributed by atoms with Gasteiger partial charge in [-0.15, -0.1) is 11.3 Å².